The minimum atomic E-state index is -0.971. The van der Waals surface area contributed by atoms with Crippen molar-refractivity contribution in [2.75, 3.05) is 11.9 Å². The molecule has 0 unspecified atom stereocenters. The molecule has 0 radical (unpaired) electrons. The lowest BCUT2D eigenvalue weighted by molar-refractivity contribution is -0.136. The van der Waals surface area contributed by atoms with E-state index in [4.69, 9.17) is 33.0 Å². The number of nitrogens with zero attached hydrogens (tertiary/aromatic N) is 3. The van der Waals surface area contributed by atoms with E-state index >= 15 is 0 Å². The largest absolute Gasteiger partial charge is 0.494 e. The van der Waals surface area contributed by atoms with Gasteiger partial charge in [-0.2, -0.15) is 10.2 Å². The average molecular weight is 536 g/mol. The number of amides is 2. The number of ether oxygens (including phenoxy) is 1. The zero-order valence-electron chi connectivity index (χ0n) is 19.8. The first-order valence-corrected chi connectivity index (χ1v) is 12.2. The van der Waals surface area contributed by atoms with Gasteiger partial charge in [0.25, 0.3) is 0 Å². The molecule has 4 aromatic rings. The van der Waals surface area contributed by atoms with Gasteiger partial charge < -0.3 is 10.1 Å². The Bertz CT molecular complexity index is 1420. The number of hydrazone groups is 1. The summed E-state index contributed by atoms with van der Waals surface area (Å²) in [5.74, 6) is -1.15. The predicted octanol–water partition coefficient (Wildman–Crippen LogP) is 5.72. The molecule has 0 atom stereocenters. The van der Waals surface area contributed by atoms with Gasteiger partial charge in [-0.05, 0) is 55.0 Å². The summed E-state index contributed by atoms with van der Waals surface area (Å²) < 4.78 is 7.38. The van der Waals surface area contributed by atoms with Crippen molar-refractivity contribution in [3.63, 3.8) is 0 Å². The molecule has 2 amide bonds. The number of hydrogen-bond acceptors (Lipinski definition) is 5. The van der Waals surface area contributed by atoms with Crippen LogP contribution in [0, 0.1) is 0 Å². The number of nitrogens with one attached hydrogen (secondary N) is 2. The Hall–Kier alpha value is -4.14. The molecular formula is C27H23Cl2N5O3. The van der Waals surface area contributed by atoms with Gasteiger partial charge in [0.05, 0.1) is 34.2 Å². The third kappa shape index (κ3) is 6.55. The summed E-state index contributed by atoms with van der Waals surface area (Å²) in [5.41, 5.74) is 5.40. The Morgan fingerprint density at radius 2 is 1.76 bits per heavy atom. The van der Waals surface area contributed by atoms with Gasteiger partial charge in [0.1, 0.15) is 11.4 Å². The molecule has 10 heteroatoms. The van der Waals surface area contributed by atoms with Crippen molar-refractivity contribution >= 4 is 46.9 Å². The Labute approximate surface area is 223 Å². The van der Waals surface area contributed by atoms with Crippen LogP contribution in [0.15, 0.2) is 84.1 Å². The van der Waals surface area contributed by atoms with Crippen LogP contribution < -0.4 is 15.5 Å². The molecule has 0 saturated heterocycles. The number of anilines is 1. The van der Waals surface area contributed by atoms with Crippen LogP contribution in [0.25, 0.3) is 16.9 Å². The Morgan fingerprint density at radius 3 is 2.49 bits per heavy atom. The molecular weight excluding hydrogens is 513 g/mol. The molecule has 0 spiro atoms. The molecule has 3 aromatic carbocycles. The molecule has 4 rings (SSSR count). The topological polar surface area (TPSA) is 97.6 Å². The van der Waals surface area contributed by atoms with E-state index in [9.17, 15) is 9.59 Å². The van der Waals surface area contributed by atoms with Crippen LogP contribution in [0.5, 0.6) is 5.75 Å². The summed E-state index contributed by atoms with van der Waals surface area (Å²) in [6.45, 7) is 2.68. The zero-order chi connectivity index (χ0) is 26.2. The number of carbonyl (C=O) groups excluding carboxylic acids is 2. The number of aromatic nitrogens is 2. The van der Waals surface area contributed by atoms with Crippen LogP contribution >= 0.6 is 23.2 Å². The van der Waals surface area contributed by atoms with E-state index in [2.05, 4.69) is 15.8 Å². The number of rotatable bonds is 8. The highest BCUT2D eigenvalue weighted by Crippen LogP contribution is 2.29. The van der Waals surface area contributed by atoms with E-state index in [-0.39, 0.29) is 15.7 Å². The highest BCUT2D eigenvalue weighted by Gasteiger charge is 2.16. The fourth-order valence-electron chi connectivity index (χ4n) is 3.34. The summed E-state index contributed by atoms with van der Waals surface area (Å²) in [6.07, 6.45) is 4.13. The number of carbonyl (C=O) groups is 2. The lowest BCUT2D eigenvalue weighted by atomic mass is 10.1. The fraction of sp³-hybridized carbons (Fsp3) is 0.111. The molecule has 0 bridgehead atoms. The third-order valence-corrected chi connectivity index (χ3v) is 5.96. The normalized spacial score (nSPS) is 10.9. The van der Waals surface area contributed by atoms with Crippen molar-refractivity contribution in [3.05, 3.63) is 94.6 Å². The molecule has 2 N–H and O–H groups in total. The first-order valence-electron chi connectivity index (χ1n) is 11.4. The second kappa shape index (κ2) is 12.2. The molecule has 0 fully saturated rings. The van der Waals surface area contributed by atoms with Crippen molar-refractivity contribution in [1.82, 2.24) is 15.2 Å². The smallest absolute Gasteiger partial charge is 0.329 e. The standard InChI is InChI=1S/C27H23Cl2N5O3/c1-2-15-37-21-13-11-18(12-14-21)25-19(17-34(33-25)20-7-4-3-5-8-20)16-30-32-27(36)26(35)31-23-10-6-9-22(28)24(23)29/h3-14,16-17H,2,15H2,1H3,(H,31,35)(H,32,36)/b30-16+. The van der Waals surface area contributed by atoms with Gasteiger partial charge in [-0.3, -0.25) is 9.59 Å². The predicted molar refractivity (Wildman–Crippen MR) is 146 cm³/mol. The molecule has 0 saturated carbocycles. The van der Waals surface area contributed by atoms with E-state index in [1.807, 2.05) is 61.5 Å². The molecule has 0 aliphatic rings. The average Bonchev–Trinajstić information content (AvgIpc) is 3.35. The maximum atomic E-state index is 12.3. The van der Waals surface area contributed by atoms with E-state index < -0.39 is 11.8 Å². The minimum Gasteiger partial charge on any atom is -0.494 e. The molecule has 188 valence electrons. The van der Waals surface area contributed by atoms with Gasteiger partial charge in [-0.25, -0.2) is 10.1 Å². The summed E-state index contributed by atoms with van der Waals surface area (Å²) in [7, 11) is 0. The van der Waals surface area contributed by atoms with E-state index in [0.717, 1.165) is 23.4 Å². The maximum absolute atomic E-state index is 12.3. The minimum absolute atomic E-state index is 0.137. The molecule has 0 aliphatic heterocycles. The first kappa shape index (κ1) is 25.9. The Balaban J connectivity index is 1.53. The van der Waals surface area contributed by atoms with Crippen molar-refractivity contribution in [1.29, 1.82) is 0 Å². The van der Waals surface area contributed by atoms with Crippen LogP contribution in [0.4, 0.5) is 5.69 Å². The Kier molecular flexibility index (Phi) is 8.56. The Morgan fingerprint density at radius 1 is 1.00 bits per heavy atom. The molecule has 1 aromatic heterocycles. The highest BCUT2D eigenvalue weighted by atomic mass is 35.5. The highest BCUT2D eigenvalue weighted by molar-refractivity contribution is 6.45. The third-order valence-electron chi connectivity index (χ3n) is 5.14. The summed E-state index contributed by atoms with van der Waals surface area (Å²) in [5, 5.41) is 11.5. The fourth-order valence-corrected chi connectivity index (χ4v) is 3.69. The monoisotopic (exact) mass is 535 g/mol. The summed E-state index contributed by atoms with van der Waals surface area (Å²) in [6, 6.07) is 21.9. The van der Waals surface area contributed by atoms with Crippen molar-refractivity contribution < 1.29 is 14.3 Å². The molecule has 1 heterocycles. The van der Waals surface area contributed by atoms with Crippen molar-refractivity contribution in [2.24, 2.45) is 5.10 Å². The van der Waals surface area contributed by atoms with Crippen LogP contribution in [-0.4, -0.2) is 34.4 Å². The van der Waals surface area contributed by atoms with Crippen LogP contribution in [0.1, 0.15) is 18.9 Å². The van der Waals surface area contributed by atoms with Gasteiger partial charge in [-0.1, -0.05) is 54.4 Å². The number of hydrogen-bond donors (Lipinski definition) is 2. The lowest BCUT2D eigenvalue weighted by Crippen LogP contribution is -2.32. The van der Waals surface area contributed by atoms with E-state index in [1.54, 1.807) is 23.0 Å². The van der Waals surface area contributed by atoms with Crippen LogP contribution in [0.3, 0.4) is 0 Å². The van der Waals surface area contributed by atoms with Gasteiger partial charge >= 0.3 is 11.8 Å². The van der Waals surface area contributed by atoms with E-state index in [0.29, 0.717) is 17.9 Å². The molecule has 37 heavy (non-hydrogen) atoms. The maximum Gasteiger partial charge on any atom is 0.329 e. The molecule has 8 nitrogen and oxygen atoms in total. The number of halogens is 2. The second-order valence-corrected chi connectivity index (χ2v) is 8.63. The van der Waals surface area contributed by atoms with Crippen LogP contribution in [-0.2, 0) is 9.59 Å². The molecule has 0 aliphatic carbocycles. The number of para-hydroxylation sites is 1. The van der Waals surface area contributed by atoms with Crippen LogP contribution in [0.2, 0.25) is 10.0 Å². The van der Waals surface area contributed by atoms with Gasteiger partial charge in [0.15, 0.2) is 0 Å². The lowest BCUT2D eigenvalue weighted by Gasteiger charge is -2.07. The van der Waals surface area contributed by atoms with E-state index in [1.165, 1.54) is 12.3 Å². The quantitative estimate of drug-likeness (QED) is 0.171. The van der Waals surface area contributed by atoms with Gasteiger partial charge in [-0.15, -0.1) is 0 Å². The van der Waals surface area contributed by atoms with Gasteiger partial charge in [0, 0.05) is 17.3 Å². The zero-order valence-corrected chi connectivity index (χ0v) is 21.3. The number of benzene rings is 3. The SMILES string of the molecule is CCCOc1ccc(-c2nn(-c3ccccc3)cc2/C=N/NC(=O)C(=O)Nc2cccc(Cl)c2Cl)cc1. The second-order valence-electron chi connectivity index (χ2n) is 7.84. The van der Waals surface area contributed by atoms with Crippen molar-refractivity contribution in [2.45, 2.75) is 13.3 Å². The van der Waals surface area contributed by atoms with Crippen molar-refractivity contribution in [3.8, 4) is 22.7 Å². The summed E-state index contributed by atoms with van der Waals surface area (Å²) in [4.78, 5) is 24.6. The first-order chi connectivity index (χ1) is 18.0. The van der Waals surface area contributed by atoms with Gasteiger partial charge in [0.2, 0.25) is 0 Å². The summed E-state index contributed by atoms with van der Waals surface area (Å²) >= 11 is 12.0.